The topological polar surface area (TPSA) is 88.1 Å². The van der Waals surface area contributed by atoms with Gasteiger partial charge in [0.05, 0.1) is 16.3 Å². The monoisotopic (exact) mass is 519 g/mol. The third-order valence-corrected chi connectivity index (χ3v) is 7.04. The van der Waals surface area contributed by atoms with Gasteiger partial charge in [0.25, 0.3) is 23.4 Å². The molecule has 1 saturated carbocycles. The average molecular weight is 520 g/mol. The maximum atomic E-state index is 14.1. The van der Waals surface area contributed by atoms with E-state index in [1.54, 1.807) is 36.0 Å². The van der Waals surface area contributed by atoms with E-state index in [1.165, 1.54) is 30.1 Å². The molecule has 12 heteroatoms. The number of hydrogen-bond donors (Lipinski definition) is 1. The van der Waals surface area contributed by atoms with Gasteiger partial charge in [0.1, 0.15) is 12.4 Å². The van der Waals surface area contributed by atoms with Crippen molar-refractivity contribution in [2.45, 2.75) is 30.4 Å². The van der Waals surface area contributed by atoms with Crippen LogP contribution in [0.1, 0.15) is 24.4 Å². The number of benzene rings is 1. The molecular formula is C23H17ClF3N5O2S. The minimum atomic E-state index is -2.94. The highest BCUT2D eigenvalue weighted by Crippen LogP contribution is 2.62. The molecule has 0 spiro atoms. The summed E-state index contributed by atoms with van der Waals surface area (Å²) in [6.07, 6.45) is 6.00. The Kier molecular flexibility index (Phi) is 6.06. The van der Waals surface area contributed by atoms with Crippen molar-refractivity contribution in [3.8, 4) is 10.4 Å². The second kappa shape index (κ2) is 9.04. The Balaban J connectivity index is 1.54. The molecule has 5 rings (SSSR count). The Morgan fingerprint density at radius 2 is 1.86 bits per heavy atom. The summed E-state index contributed by atoms with van der Waals surface area (Å²) < 4.78 is 42.0. The van der Waals surface area contributed by atoms with Crippen LogP contribution in [0.15, 0.2) is 66.0 Å². The Morgan fingerprint density at radius 3 is 2.43 bits per heavy atom. The fourth-order valence-corrected chi connectivity index (χ4v) is 5.10. The summed E-state index contributed by atoms with van der Waals surface area (Å²) in [7, 11) is 0. The molecule has 1 fully saturated rings. The summed E-state index contributed by atoms with van der Waals surface area (Å²) in [6.45, 7) is 0. The highest BCUT2D eigenvalue weighted by molar-refractivity contribution is 7.13. The predicted molar refractivity (Wildman–Crippen MR) is 123 cm³/mol. The van der Waals surface area contributed by atoms with Crippen molar-refractivity contribution >= 4 is 40.4 Å². The molecule has 2 aromatic heterocycles. The van der Waals surface area contributed by atoms with Gasteiger partial charge < -0.3 is 5.32 Å². The molecule has 0 aliphatic heterocycles. The number of nitrogens with one attached hydrogen (secondary N) is 1. The second-order valence-electron chi connectivity index (χ2n) is 8.09. The van der Waals surface area contributed by atoms with Crippen molar-refractivity contribution in [3.63, 3.8) is 0 Å². The average Bonchev–Trinajstić information content (AvgIpc) is 3.29. The van der Waals surface area contributed by atoms with Crippen molar-refractivity contribution < 1.29 is 22.8 Å². The Hall–Kier alpha value is -3.31. The van der Waals surface area contributed by atoms with Crippen LogP contribution in [0.4, 0.5) is 18.9 Å². The standard InChI is InChI=1S/C23H17ClF3N5O2S/c24-20(25)22(34)32(14-3-1-12(2-4-14)17-9-30-11-35-17)19(13-7-28-10-29-8-13)21(33)31-16-6-5-15-18(16)23(15,26)27/h1-4,7-11,15,19-20H,5-6H2,(H,31,33)/t15?,19-,20+/m1/s1. The number of anilines is 1. The van der Waals surface area contributed by atoms with Gasteiger partial charge in [-0.15, -0.1) is 11.3 Å². The number of halogens is 4. The van der Waals surface area contributed by atoms with Crippen LogP contribution in [0.2, 0.25) is 0 Å². The number of hydrogen-bond acceptors (Lipinski definition) is 6. The molecular weight excluding hydrogens is 503 g/mol. The molecule has 180 valence electrons. The van der Waals surface area contributed by atoms with Crippen molar-refractivity contribution in [1.82, 2.24) is 20.3 Å². The van der Waals surface area contributed by atoms with E-state index >= 15 is 0 Å². The predicted octanol–water partition coefficient (Wildman–Crippen LogP) is 4.64. The van der Waals surface area contributed by atoms with Crippen LogP contribution in [0, 0.1) is 5.92 Å². The summed E-state index contributed by atoms with van der Waals surface area (Å²) >= 11 is 6.93. The molecule has 1 aromatic carbocycles. The molecule has 35 heavy (non-hydrogen) atoms. The van der Waals surface area contributed by atoms with Gasteiger partial charge in [0.2, 0.25) is 0 Å². The number of thiazole rings is 1. The molecule has 2 aliphatic carbocycles. The van der Waals surface area contributed by atoms with Crippen molar-refractivity contribution in [3.05, 3.63) is 71.5 Å². The molecule has 3 atom stereocenters. The van der Waals surface area contributed by atoms with Crippen LogP contribution in [0.3, 0.4) is 0 Å². The van der Waals surface area contributed by atoms with Gasteiger partial charge in [-0.1, -0.05) is 23.7 Å². The summed E-state index contributed by atoms with van der Waals surface area (Å²) in [5.41, 5.74) is 0.378. The first kappa shape index (κ1) is 23.4. The number of nitrogens with zero attached hydrogens (tertiary/aromatic N) is 4. The molecule has 1 unspecified atom stereocenters. The van der Waals surface area contributed by atoms with E-state index in [-0.39, 0.29) is 35.4 Å². The van der Waals surface area contributed by atoms with Gasteiger partial charge in [-0.25, -0.2) is 23.1 Å². The van der Waals surface area contributed by atoms with Crippen LogP contribution in [0.25, 0.3) is 10.4 Å². The lowest BCUT2D eigenvalue weighted by atomic mass is 10.0. The number of carbonyl (C=O) groups excluding carboxylic acids is 2. The van der Waals surface area contributed by atoms with E-state index in [0.29, 0.717) is 0 Å². The number of fused-ring (bicyclic) bond motifs is 1. The van der Waals surface area contributed by atoms with Gasteiger partial charge in [0, 0.05) is 41.1 Å². The lowest BCUT2D eigenvalue weighted by molar-refractivity contribution is -0.127. The number of carbonyl (C=O) groups is 2. The summed E-state index contributed by atoms with van der Waals surface area (Å²) in [5.74, 6) is -5.80. The first-order valence-corrected chi connectivity index (χ1v) is 11.9. The van der Waals surface area contributed by atoms with E-state index in [4.69, 9.17) is 11.6 Å². The van der Waals surface area contributed by atoms with E-state index in [1.807, 2.05) is 0 Å². The van der Waals surface area contributed by atoms with Crippen molar-refractivity contribution in [1.29, 1.82) is 0 Å². The summed E-state index contributed by atoms with van der Waals surface area (Å²) in [5, 5.41) is 2.54. The normalized spacial score (nSPS) is 19.6. The van der Waals surface area contributed by atoms with Crippen LogP contribution < -0.4 is 10.2 Å². The molecule has 0 bridgehead atoms. The summed E-state index contributed by atoms with van der Waals surface area (Å²) in [4.78, 5) is 40.0. The van der Waals surface area contributed by atoms with E-state index in [9.17, 15) is 22.8 Å². The number of allylic oxidation sites excluding steroid dienone is 2. The number of rotatable bonds is 7. The summed E-state index contributed by atoms with van der Waals surface area (Å²) in [6, 6.07) is 5.00. The molecule has 3 aromatic rings. The van der Waals surface area contributed by atoms with Crippen LogP contribution in [-0.4, -0.2) is 38.3 Å². The van der Waals surface area contributed by atoms with Crippen molar-refractivity contribution in [2.24, 2.45) is 5.92 Å². The maximum absolute atomic E-state index is 14.1. The minimum Gasteiger partial charge on any atom is -0.327 e. The Bertz CT molecular complexity index is 1290. The van der Waals surface area contributed by atoms with Gasteiger partial charge in [0.15, 0.2) is 0 Å². The second-order valence-corrected chi connectivity index (χ2v) is 9.36. The minimum absolute atomic E-state index is 0.0959. The van der Waals surface area contributed by atoms with Crippen LogP contribution in [-0.2, 0) is 9.59 Å². The zero-order valence-corrected chi connectivity index (χ0v) is 19.4. The van der Waals surface area contributed by atoms with Gasteiger partial charge in [-0.2, -0.15) is 0 Å². The van der Waals surface area contributed by atoms with Crippen molar-refractivity contribution in [2.75, 3.05) is 4.90 Å². The largest absolute Gasteiger partial charge is 0.327 e. The Labute approximate surface area is 206 Å². The quantitative estimate of drug-likeness (QED) is 0.460. The number of amides is 2. The fraction of sp³-hybridized carbons (Fsp3) is 0.261. The zero-order chi connectivity index (χ0) is 24.7. The maximum Gasteiger partial charge on any atom is 0.278 e. The van der Waals surface area contributed by atoms with Crippen LogP contribution in [0.5, 0.6) is 0 Å². The third-order valence-electron chi connectivity index (χ3n) is 6.03. The molecule has 0 radical (unpaired) electrons. The third kappa shape index (κ3) is 4.30. The lowest BCUT2D eigenvalue weighted by Crippen LogP contribution is -2.46. The first-order valence-electron chi connectivity index (χ1n) is 10.6. The first-order chi connectivity index (χ1) is 16.8. The highest BCUT2D eigenvalue weighted by atomic mass is 35.5. The lowest BCUT2D eigenvalue weighted by Gasteiger charge is -2.31. The molecule has 0 saturated heterocycles. The van der Waals surface area contributed by atoms with Crippen LogP contribution >= 0.6 is 22.9 Å². The Morgan fingerprint density at radius 1 is 1.14 bits per heavy atom. The van der Waals surface area contributed by atoms with E-state index < -0.39 is 35.3 Å². The number of alkyl halides is 4. The molecule has 2 amide bonds. The van der Waals surface area contributed by atoms with E-state index in [0.717, 1.165) is 15.3 Å². The molecule has 7 nitrogen and oxygen atoms in total. The fourth-order valence-electron chi connectivity index (χ4n) is 4.36. The SMILES string of the molecule is O=C(NC1=C2C(CC1)C2(F)F)[C@@H](c1cncnc1)N(C(=O)[C@H](F)Cl)c1ccc(-c2cncs2)cc1. The molecule has 2 heterocycles. The van der Waals surface area contributed by atoms with Gasteiger partial charge in [-0.05, 0) is 30.5 Å². The van der Waals surface area contributed by atoms with E-state index in [2.05, 4.69) is 20.3 Å². The van der Waals surface area contributed by atoms with Gasteiger partial charge in [-0.3, -0.25) is 19.5 Å². The molecule has 1 N–H and O–H groups in total. The smallest absolute Gasteiger partial charge is 0.278 e. The zero-order valence-electron chi connectivity index (χ0n) is 17.9. The van der Waals surface area contributed by atoms with Gasteiger partial charge >= 0.3 is 0 Å². The highest BCUT2D eigenvalue weighted by Gasteiger charge is 2.67. The molecule has 2 aliphatic rings. The number of aromatic nitrogens is 3.